The summed E-state index contributed by atoms with van der Waals surface area (Å²) < 4.78 is 5.28. The molecule has 6 nitrogen and oxygen atoms in total. The van der Waals surface area contributed by atoms with Crippen molar-refractivity contribution in [2.75, 3.05) is 38.3 Å². The van der Waals surface area contributed by atoms with Crippen molar-refractivity contribution in [3.05, 3.63) is 11.9 Å². The summed E-state index contributed by atoms with van der Waals surface area (Å²) in [6, 6.07) is 2.02. The second-order valence-electron chi connectivity index (χ2n) is 4.54. The smallest absolute Gasteiger partial charge is 0.158 e. The second-order valence-corrected chi connectivity index (χ2v) is 4.54. The van der Waals surface area contributed by atoms with E-state index in [1.165, 1.54) is 0 Å². The number of aromatic nitrogens is 2. The Morgan fingerprint density at radius 2 is 2.17 bits per heavy atom. The lowest BCUT2D eigenvalue weighted by atomic mass is 10.3. The minimum Gasteiger partial charge on any atom is -0.384 e. The van der Waals surface area contributed by atoms with Gasteiger partial charge in [0.1, 0.15) is 18.2 Å². The van der Waals surface area contributed by atoms with Crippen LogP contribution in [0.5, 0.6) is 0 Å². The molecular formula is C12H23N5O. The Balaban J connectivity index is 2.67. The summed E-state index contributed by atoms with van der Waals surface area (Å²) in [7, 11) is 4.07. The van der Waals surface area contributed by atoms with Crippen LogP contribution in [0.2, 0.25) is 0 Å². The standard InChI is InChI=1S/C12H23N5O/c1-5-18-8-12-15-10(13)6-11(16-12)14-9(2)7-17(3)4/h6,9H,5,7-8H2,1-4H3,(H3,13,14,15,16). The van der Waals surface area contributed by atoms with Gasteiger partial charge in [-0.25, -0.2) is 9.97 Å². The van der Waals surface area contributed by atoms with E-state index in [-0.39, 0.29) is 6.04 Å². The van der Waals surface area contributed by atoms with Crippen molar-refractivity contribution in [1.29, 1.82) is 0 Å². The van der Waals surface area contributed by atoms with Gasteiger partial charge in [-0.3, -0.25) is 0 Å². The highest BCUT2D eigenvalue weighted by molar-refractivity contribution is 5.45. The number of nitrogens with zero attached hydrogens (tertiary/aromatic N) is 3. The molecule has 0 aliphatic rings. The van der Waals surface area contributed by atoms with Gasteiger partial charge < -0.3 is 20.7 Å². The molecule has 0 aliphatic heterocycles. The molecule has 0 amide bonds. The summed E-state index contributed by atoms with van der Waals surface area (Å²) in [5, 5.41) is 3.30. The molecule has 3 N–H and O–H groups in total. The van der Waals surface area contributed by atoms with E-state index in [1.54, 1.807) is 6.07 Å². The van der Waals surface area contributed by atoms with Crippen molar-refractivity contribution in [3.8, 4) is 0 Å². The van der Waals surface area contributed by atoms with Gasteiger partial charge in [0.25, 0.3) is 0 Å². The van der Waals surface area contributed by atoms with E-state index in [0.29, 0.717) is 24.9 Å². The molecule has 1 heterocycles. The third-order valence-electron chi connectivity index (χ3n) is 2.26. The molecule has 1 unspecified atom stereocenters. The normalized spacial score (nSPS) is 12.7. The van der Waals surface area contributed by atoms with Gasteiger partial charge >= 0.3 is 0 Å². The number of hydrogen-bond acceptors (Lipinski definition) is 6. The van der Waals surface area contributed by atoms with Gasteiger partial charge in [0.15, 0.2) is 5.82 Å². The highest BCUT2D eigenvalue weighted by atomic mass is 16.5. The minimum absolute atomic E-state index is 0.286. The first-order valence-corrected chi connectivity index (χ1v) is 6.13. The molecule has 1 atom stereocenters. The maximum absolute atomic E-state index is 5.75. The fourth-order valence-electron chi connectivity index (χ4n) is 1.70. The average molecular weight is 253 g/mol. The molecule has 0 fully saturated rings. The van der Waals surface area contributed by atoms with E-state index in [0.717, 1.165) is 12.4 Å². The quantitative estimate of drug-likeness (QED) is 0.753. The molecule has 0 aromatic carbocycles. The molecule has 0 saturated carbocycles. The summed E-state index contributed by atoms with van der Waals surface area (Å²) >= 11 is 0. The van der Waals surface area contributed by atoms with E-state index in [4.69, 9.17) is 10.5 Å². The van der Waals surface area contributed by atoms with Crippen LogP contribution >= 0.6 is 0 Å². The molecule has 1 aromatic heterocycles. The Kier molecular flexibility index (Phi) is 5.80. The van der Waals surface area contributed by atoms with E-state index in [1.807, 2.05) is 21.0 Å². The fourth-order valence-corrected chi connectivity index (χ4v) is 1.70. The van der Waals surface area contributed by atoms with Crippen LogP contribution in [0.1, 0.15) is 19.7 Å². The lowest BCUT2D eigenvalue weighted by molar-refractivity contribution is 0.128. The first-order chi connectivity index (χ1) is 8.51. The third-order valence-corrected chi connectivity index (χ3v) is 2.26. The van der Waals surface area contributed by atoms with Crippen LogP contribution in [-0.4, -0.2) is 48.2 Å². The monoisotopic (exact) mass is 253 g/mol. The van der Waals surface area contributed by atoms with Crippen molar-refractivity contribution >= 4 is 11.6 Å². The van der Waals surface area contributed by atoms with Crippen LogP contribution in [0.15, 0.2) is 6.07 Å². The van der Waals surface area contributed by atoms with Crippen molar-refractivity contribution in [3.63, 3.8) is 0 Å². The topological polar surface area (TPSA) is 76.3 Å². The van der Waals surface area contributed by atoms with Crippen LogP contribution in [-0.2, 0) is 11.3 Å². The maximum Gasteiger partial charge on any atom is 0.158 e. The Bertz CT molecular complexity index is 369. The molecule has 0 aliphatic carbocycles. The number of ether oxygens (including phenoxy) is 1. The summed E-state index contributed by atoms with van der Waals surface area (Å²) in [5.41, 5.74) is 5.75. The predicted molar refractivity (Wildman–Crippen MR) is 73.4 cm³/mol. The Hall–Kier alpha value is -1.40. The molecule has 1 aromatic rings. The van der Waals surface area contributed by atoms with E-state index >= 15 is 0 Å². The van der Waals surface area contributed by atoms with Crippen LogP contribution in [0.4, 0.5) is 11.6 Å². The van der Waals surface area contributed by atoms with Gasteiger partial charge in [-0.2, -0.15) is 0 Å². The van der Waals surface area contributed by atoms with Crippen molar-refractivity contribution in [1.82, 2.24) is 14.9 Å². The molecule has 18 heavy (non-hydrogen) atoms. The number of nitrogens with two attached hydrogens (primary N) is 1. The van der Waals surface area contributed by atoms with E-state index in [2.05, 4.69) is 27.1 Å². The summed E-state index contributed by atoms with van der Waals surface area (Å²) in [6.07, 6.45) is 0. The number of rotatable bonds is 7. The lowest BCUT2D eigenvalue weighted by Gasteiger charge is -2.19. The van der Waals surface area contributed by atoms with Gasteiger partial charge in [0.2, 0.25) is 0 Å². The van der Waals surface area contributed by atoms with Crippen LogP contribution in [0.25, 0.3) is 0 Å². The molecule has 6 heteroatoms. The Labute approximate surface area is 109 Å². The molecule has 102 valence electrons. The zero-order valence-electron chi connectivity index (χ0n) is 11.6. The van der Waals surface area contributed by atoms with Crippen molar-refractivity contribution < 1.29 is 4.74 Å². The molecule has 1 rings (SSSR count). The Morgan fingerprint density at radius 3 is 2.78 bits per heavy atom. The number of likely N-dealkylation sites (N-methyl/N-ethyl adjacent to an activating group) is 1. The van der Waals surface area contributed by atoms with Gasteiger partial charge in [-0.05, 0) is 27.9 Å². The van der Waals surface area contributed by atoms with Crippen LogP contribution < -0.4 is 11.1 Å². The lowest BCUT2D eigenvalue weighted by Crippen LogP contribution is -2.30. The van der Waals surface area contributed by atoms with E-state index < -0.39 is 0 Å². The Morgan fingerprint density at radius 1 is 1.44 bits per heavy atom. The molecule has 0 bridgehead atoms. The van der Waals surface area contributed by atoms with Gasteiger partial charge in [0.05, 0.1) is 0 Å². The van der Waals surface area contributed by atoms with Crippen molar-refractivity contribution in [2.24, 2.45) is 0 Å². The van der Waals surface area contributed by atoms with E-state index in [9.17, 15) is 0 Å². The summed E-state index contributed by atoms with van der Waals surface area (Å²) in [5.74, 6) is 1.81. The number of hydrogen-bond donors (Lipinski definition) is 2. The number of anilines is 2. The predicted octanol–water partition coefficient (Wildman–Crippen LogP) is 0.957. The number of nitrogens with one attached hydrogen (secondary N) is 1. The van der Waals surface area contributed by atoms with Gasteiger partial charge in [0, 0.05) is 25.3 Å². The first-order valence-electron chi connectivity index (χ1n) is 6.13. The zero-order chi connectivity index (χ0) is 13.5. The largest absolute Gasteiger partial charge is 0.384 e. The van der Waals surface area contributed by atoms with Gasteiger partial charge in [-0.1, -0.05) is 0 Å². The van der Waals surface area contributed by atoms with Crippen LogP contribution in [0, 0.1) is 0 Å². The highest BCUT2D eigenvalue weighted by Crippen LogP contribution is 2.10. The average Bonchev–Trinajstić information content (AvgIpc) is 2.24. The first kappa shape index (κ1) is 14.7. The molecule has 0 saturated heterocycles. The van der Waals surface area contributed by atoms with Crippen LogP contribution in [0.3, 0.4) is 0 Å². The summed E-state index contributed by atoms with van der Waals surface area (Å²) in [6.45, 7) is 5.98. The van der Waals surface area contributed by atoms with Gasteiger partial charge in [-0.15, -0.1) is 0 Å². The number of nitrogen functional groups attached to an aromatic ring is 1. The third kappa shape index (κ3) is 5.29. The zero-order valence-corrected chi connectivity index (χ0v) is 11.6. The van der Waals surface area contributed by atoms with Crippen molar-refractivity contribution in [2.45, 2.75) is 26.5 Å². The summed E-state index contributed by atoms with van der Waals surface area (Å²) in [4.78, 5) is 10.6. The minimum atomic E-state index is 0.286. The fraction of sp³-hybridized carbons (Fsp3) is 0.667. The highest BCUT2D eigenvalue weighted by Gasteiger charge is 2.07. The maximum atomic E-state index is 5.75. The SMILES string of the molecule is CCOCc1nc(N)cc(NC(C)CN(C)C)n1. The molecule has 0 spiro atoms. The molecule has 0 radical (unpaired) electrons. The molecular weight excluding hydrogens is 230 g/mol. The second kappa shape index (κ2) is 7.13.